The van der Waals surface area contributed by atoms with Gasteiger partial charge in [-0.3, -0.25) is 4.79 Å². The van der Waals surface area contributed by atoms with Crippen molar-refractivity contribution in [1.82, 2.24) is 9.88 Å². The number of hydrogen-bond donors (Lipinski definition) is 1. The Morgan fingerprint density at radius 3 is 2.90 bits per heavy atom. The lowest BCUT2D eigenvalue weighted by molar-refractivity contribution is -0.121. The summed E-state index contributed by atoms with van der Waals surface area (Å²) in [6.45, 7) is 0.631. The van der Waals surface area contributed by atoms with E-state index in [1.54, 1.807) is 11.3 Å². The first-order chi connectivity index (χ1) is 10.2. The van der Waals surface area contributed by atoms with Gasteiger partial charge in [0, 0.05) is 35.4 Å². The van der Waals surface area contributed by atoms with Crippen LogP contribution < -0.4 is 5.32 Å². The SMILES string of the molecule is Cn1cc(CCC(=O)NCc2cccs2)c2ccccc21. The molecule has 0 saturated carbocycles. The van der Waals surface area contributed by atoms with Crippen LogP contribution in [-0.2, 0) is 24.8 Å². The van der Waals surface area contributed by atoms with E-state index in [9.17, 15) is 4.79 Å². The van der Waals surface area contributed by atoms with Gasteiger partial charge < -0.3 is 9.88 Å². The highest BCUT2D eigenvalue weighted by Gasteiger charge is 2.08. The number of rotatable bonds is 5. The first kappa shape index (κ1) is 13.9. The van der Waals surface area contributed by atoms with Gasteiger partial charge in [0.2, 0.25) is 5.91 Å². The van der Waals surface area contributed by atoms with Crippen LogP contribution in [0.25, 0.3) is 10.9 Å². The molecule has 0 atom stereocenters. The standard InChI is InChI=1S/C17H18N2OS/c1-19-12-13(15-6-2-3-7-16(15)19)8-9-17(20)18-11-14-5-4-10-21-14/h2-7,10,12H,8-9,11H2,1H3,(H,18,20). The molecule has 0 fully saturated rings. The average Bonchev–Trinajstić information content (AvgIpc) is 3.12. The Hall–Kier alpha value is -2.07. The number of aromatic nitrogens is 1. The number of amides is 1. The number of benzene rings is 1. The molecular formula is C17H18N2OS. The number of fused-ring (bicyclic) bond motifs is 1. The molecule has 3 aromatic rings. The van der Waals surface area contributed by atoms with E-state index in [4.69, 9.17) is 0 Å². The Balaban J connectivity index is 1.60. The zero-order valence-corrected chi connectivity index (χ0v) is 12.8. The second-order valence-corrected chi connectivity index (χ2v) is 6.17. The van der Waals surface area contributed by atoms with Gasteiger partial charge in [-0.2, -0.15) is 0 Å². The van der Waals surface area contributed by atoms with Crippen LogP contribution in [0.3, 0.4) is 0 Å². The summed E-state index contributed by atoms with van der Waals surface area (Å²) >= 11 is 1.67. The predicted molar refractivity (Wildman–Crippen MR) is 87.4 cm³/mol. The van der Waals surface area contributed by atoms with E-state index in [0.29, 0.717) is 13.0 Å². The molecule has 108 valence electrons. The Bertz CT molecular complexity index is 743. The predicted octanol–water partition coefficient (Wildman–Crippen LogP) is 3.49. The zero-order chi connectivity index (χ0) is 14.7. The quantitative estimate of drug-likeness (QED) is 0.768. The molecule has 0 aliphatic carbocycles. The summed E-state index contributed by atoms with van der Waals surface area (Å²) in [7, 11) is 2.04. The molecular weight excluding hydrogens is 280 g/mol. The fraction of sp³-hybridized carbons (Fsp3) is 0.235. The third-order valence-corrected chi connectivity index (χ3v) is 4.52. The van der Waals surface area contributed by atoms with Crippen molar-refractivity contribution in [2.75, 3.05) is 0 Å². The van der Waals surface area contributed by atoms with Gasteiger partial charge in [-0.25, -0.2) is 0 Å². The lowest BCUT2D eigenvalue weighted by Crippen LogP contribution is -2.22. The van der Waals surface area contributed by atoms with Gasteiger partial charge in [-0.15, -0.1) is 11.3 Å². The first-order valence-corrected chi connectivity index (χ1v) is 7.94. The molecule has 0 bridgehead atoms. The normalized spacial score (nSPS) is 10.9. The Morgan fingerprint density at radius 1 is 1.24 bits per heavy atom. The third-order valence-electron chi connectivity index (χ3n) is 3.64. The summed E-state index contributed by atoms with van der Waals surface area (Å²) in [6, 6.07) is 12.4. The maximum Gasteiger partial charge on any atom is 0.220 e. The smallest absolute Gasteiger partial charge is 0.220 e. The fourth-order valence-corrected chi connectivity index (χ4v) is 3.20. The van der Waals surface area contributed by atoms with Crippen molar-refractivity contribution in [2.45, 2.75) is 19.4 Å². The number of nitrogens with one attached hydrogen (secondary N) is 1. The second kappa shape index (κ2) is 6.14. The van der Waals surface area contributed by atoms with Crippen LogP contribution in [0.5, 0.6) is 0 Å². The van der Waals surface area contributed by atoms with E-state index in [-0.39, 0.29) is 5.91 Å². The lowest BCUT2D eigenvalue weighted by Gasteiger charge is -2.03. The number of nitrogens with zero attached hydrogens (tertiary/aromatic N) is 1. The van der Waals surface area contributed by atoms with E-state index < -0.39 is 0 Å². The highest BCUT2D eigenvalue weighted by atomic mass is 32.1. The summed E-state index contributed by atoms with van der Waals surface area (Å²) in [6.07, 6.45) is 3.42. The summed E-state index contributed by atoms with van der Waals surface area (Å²) in [5, 5.41) is 6.24. The summed E-state index contributed by atoms with van der Waals surface area (Å²) in [5.41, 5.74) is 2.45. The highest BCUT2D eigenvalue weighted by molar-refractivity contribution is 7.09. The van der Waals surface area contributed by atoms with Crippen LogP contribution >= 0.6 is 11.3 Å². The van der Waals surface area contributed by atoms with Crippen molar-refractivity contribution >= 4 is 28.1 Å². The Morgan fingerprint density at radius 2 is 2.10 bits per heavy atom. The van der Waals surface area contributed by atoms with Crippen LogP contribution in [-0.4, -0.2) is 10.5 Å². The van der Waals surface area contributed by atoms with E-state index in [1.165, 1.54) is 21.3 Å². The third kappa shape index (κ3) is 3.16. The first-order valence-electron chi connectivity index (χ1n) is 7.06. The second-order valence-electron chi connectivity index (χ2n) is 5.14. The van der Waals surface area contributed by atoms with Gasteiger partial charge in [0.25, 0.3) is 0 Å². The summed E-state index contributed by atoms with van der Waals surface area (Å²) < 4.78 is 2.12. The van der Waals surface area contributed by atoms with Crippen molar-refractivity contribution in [2.24, 2.45) is 7.05 Å². The topological polar surface area (TPSA) is 34.0 Å². The van der Waals surface area contributed by atoms with Crippen molar-refractivity contribution < 1.29 is 4.79 Å². The number of hydrogen-bond acceptors (Lipinski definition) is 2. The summed E-state index contributed by atoms with van der Waals surface area (Å²) in [5.74, 6) is 0.108. The molecule has 21 heavy (non-hydrogen) atoms. The van der Waals surface area contributed by atoms with Crippen LogP contribution in [0.2, 0.25) is 0 Å². The molecule has 4 heteroatoms. The molecule has 0 spiro atoms. The number of thiophene rings is 1. The van der Waals surface area contributed by atoms with Crippen LogP contribution in [0, 0.1) is 0 Å². The van der Waals surface area contributed by atoms with E-state index in [1.807, 2.05) is 36.7 Å². The Kier molecular flexibility index (Phi) is 4.06. The van der Waals surface area contributed by atoms with Gasteiger partial charge in [0.15, 0.2) is 0 Å². The summed E-state index contributed by atoms with van der Waals surface area (Å²) in [4.78, 5) is 13.1. The van der Waals surface area contributed by atoms with E-state index in [0.717, 1.165) is 6.42 Å². The van der Waals surface area contributed by atoms with Crippen LogP contribution in [0.1, 0.15) is 16.9 Å². The molecule has 1 N–H and O–H groups in total. The fourth-order valence-electron chi connectivity index (χ4n) is 2.56. The van der Waals surface area contributed by atoms with Gasteiger partial charge in [0.1, 0.15) is 0 Å². The van der Waals surface area contributed by atoms with E-state index in [2.05, 4.69) is 28.2 Å². The molecule has 0 aliphatic rings. The minimum absolute atomic E-state index is 0.108. The maximum absolute atomic E-state index is 11.9. The monoisotopic (exact) mass is 298 g/mol. The van der Waals surface area contributed by atoms with Crippen LogP contribution in [0.15, 0.2) is 48.0 Å². The maximum atomic E-state index is 11.9. The van der Waals surface area contributed by atoms with Gasteiger partial charge in [0.05, 0.1) is 6.54 Å². The minimum Gasteiger partial charge on any atom is -0.351 e. The minimum atomic E-state index is 0.108. The van der Waals surface area contributed by atoms with Gasteiger partial charge in [-0.05, 0) is 29.5 Å². The largest absolute Gasteiger partial charge is 0.351 e. The van der Waals surface area contributed by atoms with Gasteiger partial charge >= 0.3 is 0 Å². The molecule has 1 aromatic carbocycles. The number of para-hydroxylation sites is 1. The molecule has 3 rings (SSSR count). The highest BCUT2D eigenvalue weighted by Crippen LogP contribution is 2.21. The van der Waals surface area contributed by atoms with Gasteiger partial charge in [-0.1, -0.05) is 24.3 Å². The number of carbonyl (C=O) groups is 1. The molecule has 0 aliphatic heterocycles. The zero-order valence-electron chi connectivity index (χ0n) is 12.0. The van der Waals surface area contributed by atoms with E-state index >= 15 is 0 Å². The molecule has 0 radical (unpaired) electrons. The van der Waals surface area contributed by atoms with Crippen molar-refractivity contribution in [3.63, 3.8) is 0 Å². The van der Waals surface area contributed by atoms with Crippen molar-refractivity contribution in [3.8, 4) is 0 Å². The number of aryl methyl sites for hydroxylation is 2. The Labute approximate surface area is 128 Å². The molecule has 1 amide bonds. The molecule has 0 unspecified atom stereocenters. The molecule has 0 saturated heterocycles. The van der Waals surface area contributed by atoms with Crippen molar-refractivity contribution in [3.05, 3.63) is 58.4 Å². The average molecular weight is 298 g/mol. The van der Waals surface area contributed by atoms with Crippen molar-refractivity contribution in [1.29, 1.82) is 0 Å². The van der Waals surface area contributed by atoms with Crippen LogP contribution in [0.4, 0.5) is 0 Å². The molecule has 3 nitrogen and oxygen atoms in total. The lowest BCUT2D eigenvalue weighted by atomic mass is 10.1. The number of carbonyl (C=O) groups excluding carboxylic acids is 1. The molecule has 2 aromatic heterocycles. The molecule has 2 heterocycles.